The predicted molar refractivity (Wildman–Crippen MR) is 254 cm³/mol. The van der Waals surface area contributed by atoms with E-state index in [4.69, 9.17) is 0 Å². The highest BCUT2D eigenvalue weighted by atomic mass is 15.4. The molecule has 60 heavy (non-hydrogen) atoms. The van der Waals surface area contributed by atoms with Gasteiger partial charge in [0.1, 0.15) is 6.17 Å². The Balaban J connectivity index is 1.04. The van der Waals surface area contributed by atoms with Crippen molar-refractivity contribution in [1.82, 2.24) is 4.57 Å². The van der Waals surface area contributed by atoms with Crippen molar-refractivity contribution in [1.29, 1.82) is 0 Å². The highest BCUT2D eigenvalue weighted by Gasteiger charge is 2.37. The van der Waals surface area contributed by atoms with Crippen molar-refractivity contribution in [3.05, 3.63) is 211 Å². The van der Waals surface area contributed by atoms with Gasteiger partial charge in [-0.15, -0.1) is 0 Å². The quantitative estimate of drug-likeness (QED) is 0.153. The zero-order chi connectivity index (χ0) is 40.0. The summed E-state index contributed by atoms with van der Waals surface area (Å²) in [5.41, 5.74) is 17.6. The van der Waals surface area contributed by atoms with E-state index in [0.29, 0.717) is 0 Å². The lowest BCUT2D eigenvalue weighted by molar-refractivity contribution is 0.673. The maximum atomic E-state index is 2.55. The fourth-order valence-corrected chi connectivity index (χ4v) is 10.00. The molecule has 2 aliphatic carbocycles. The van der Waals surface area contributed by atoms with E-state index in [1.165, 1.54) is 97.4 Å². The first-order valence-electron chi connectivity index (χ1n) is 21.5. The molecule has 0 amide bonds. The van der Waals surface area contributed by atoms with E-state index in [1.54, 1.807) is 0 Å². The summed E-state index contributed by atoms with van der Waals surface area (Å²) >= 11 is 0. The Morgan fingerprint density at radius 3 is 1.83 bits per heavy atom. The number of allylic oxidation sites excluding steroid dienone is 6. The summed E-state index contributed by atoms with van der Waals surface area (Å²) in [7, 11) is 2.22. The average molecular weight is 777 g/mol. The molecule has 1 aliphatic heterocycles. The Morgan fingerprint density at radius 1 is 0.500 bits per heavy atom. The number of rotatable bonds is 8. The molecule has 0 spiro atoms. The molecule has 3 aliphatic rings. The first-order chi connectivity index (χ1) is 29.7. The lowest BCUT2D eigenvalue weighted by atomic mass is 9.93. The van der Waals surface area contributed by atoms with Gasteiger partial charge in [0.05, 0.1) is 28.1 Å². The van der Waals surface area contributed by atoms with Crippen molar-refractivity contribution in [3.63, 3.8) is 0 Å². The van der Waals surface area contributed by atoms with Crippen LogP contribution < -0.4 is 14.7 Å². The van der Waals surface area contributed by atoms with E-state index in [-0.39, 0.29) is 6.17 Å². The maximum Gasteiger partial charge on any atom is 0.132 e. The Morgan fingerprint density at radius 2 is 1.12 bits per heavy atom. The van der Waals surface area contributed by atoms with E-state index < -0.39 is 0 Å². The van der Waals surface area contributed by atoms with E-state index in [0.717, 1.165) is 30.6 Å². The molecule has 0 saturated carbocycles. The molecule has 2 heterocycles. The van der Waals surface area contributed by atoms with E-state index in [1.807, 2.05) is 0 Å². The third-order valence-electron chi connectivity index (χ3n) is 12.9. The average Bonchev–Trinajstić information content (AvgIpc) is 3.83. The third-order valence-corrected chi connectivity index (χ3v) is 12.9. The molecule has 0 N–H and O–H groups in total. The molecule has 4 nitrogen and oxygen atoms in total. The summed E-state index contributed by atoms with van der Waals surface area (Å²) in [6.07, 6.45) is 14.0. The Bertz CT molecular complexity index is 2940. The van der Waals surface area contributed by atoms with Gasteiger partial charge in [0.15, 0.2) is 0 Å². The summed E-state index contributed by atoms with van der Waals surface area (Å²) in [5.74, 6) is 0. The third kappa shape index (κ3) is 6.22. The number of para-hydroxylation sites is 3. The van der Waals surface area contributed by atoms with Crippen LogP contribution in [0.15, 0.2) is 200 Å². The number of hydrogen-bond acceptors (Lipinski definition) is 3. The summed E-state index contributed by atoms with van der Waals surface area (Å²) in [6, 6.07) is 64.6. The normalized spacial score (nSPS) is 16.4. The van der Waals surface area contributed by atoms with E-state index >= 15 is 0 Å². The van der Waals surface area contributed by atoms with E-state index in [9.17, 15) is 0 Å². The molecule has 0 bridgehead atoms. The number of anilines is 5. The maximum absolute atomic E-state index is 2.55. The molecule has 1 atom stereocenters. The van der Waals surface area contributed by atoms with Gasteiger partial charge < -0.3 is 19.3 Å². The monoisotopic (exact) mass is 776 g/mol. The zero-order valence-corrected chi connectivity index (χ0v) is 34.1. The second kappa shape index (κ2) is 15.3. The standard InChI is InChI=1S/C56H48N4/c1-57-51-24-13-14-25-52(51)60(56(57)44-20-9-4-10-21-44)48-38-36-47(37-39-48)59-50-23-12-11-22-49(50)55-53(26-15-27-54(55)59)58(45-32-28-42(29-33-45)40-16-5-2-6-17-40)46-34-30-43(31-35-46)41-18-7-3-8-19-41/h2,4-6,9-18,20-36,38,56H,3,7-8,19,37,39H2,1H3. The van der Waals surface area contributed by atoms with Crippen LogP contribution in [0.25, 0.3) is 44.2 Å². The van der Waals surface area contributed by atoms with Crippen molar-refractivity contribution in [3.8, 4) is 11.1 Å². The van der Waals surface area contributed by atoms with Crippen molar-refractivity contribution in [2.75, 3.05) is 21.7 Å². The van der Waals surface area contributed by atoms with Gasteiger partial charge in [0.2, 0.25) is 0 Å². The van der Waals surface area contributed by atoms with Gasteiger partial charge >= 0.3 is 0 Å². The lowest BCUT2D eigenvalue weighted by Gasteiger charge is -2.34. The van der Waals surface area contributed by atoms with Crippen LogP contribution in [0.5, 0.6) is 0 Å². The van der Waals surface area contributed by atoms with Crippen LogP contribution in [0.4, 0.5) is 28.4 Å². The van der Waals surface area contributed by atoms with Gasteiger partial charge in [-0.1, -0.05) is 127 Å². The number of aromatic nitrogens is 1. The molecule has 292 valence electrons. The lowest BCUT2D eigenvalue weighted by Crippen LogP contribution is -2.33. The number of hydrogen-bond donors (Lipinski definition) is 0. The molecule has 0 fully saturated rings. The topological polar surface area (TPSA) is 14.7 Å². The Labute approximate surface area is 353 Å². The van der Waals surface area contributed by atoms with Gasteiger partial charge in [-0.05, 0) is 133 Å². The van der Waals surface area contributed by atoms with Crippen molar-refractivity contribution >= 4 is 61.5 Å². The Hall–Kier alpha value is -7.04. The van der Waals surface area contributed by atoms with Gasteiger partial charge in [-0.25, -0.2) is 0 Å². The molecule has 7 aromatic carbocycles. The summed E-state index contributed by atoms with van der Waals surface area (Å²) in [5, 5.41) is 2.52. The minimum atomic E-state index is 0.0989. The van der Waals surface area contributed by atoms with Gasteiger partial charge in [-0.2, -0.15) is 0 Å². The van der Waals surface area contributed by atoms with Crippen LogP contribution in [0.1, 0.15) is 55.8 Å². The second-order valence-corrected chi connectivity index (χ2v) is 16.4. The molecule has 11 rings (SSSR count). The first-order valence-corrected chi connectivity index (χ1v) is 21.5. The van der Waals surface area contributed by atoms with Crippen LogP contribution in [-0.4, -0.2) is 11.6 Å². The van der Waals surface area contributed by atoms with Crippen molar-refractivity contribution in [2.45, 2.75) is 44.7 Å². The van der Waals surface area contributed by atoms with Crippen LogP contribution in [-0.2, 0) is 0 Å². The fourth-order valence-electron chi connectivity index (χ4n) is 10.00. The van der Waals surface area contributed by atoms with Crippen LogP contribution in [0.3, 0.4) is 0 Å². The van der Waals surface area contributed by atoms with Gasteiger partial charge in [0.25, 0.3) is 0 Å². The molecule has 1 aromatic heterocycles. The minimum absolute atomic E-state index is 0.0989. The zero-order valence-electron chi connectivity index (χ0n) is 34.1. The van der Waals surface area contributed by atoms with Crippen LogP contribution >= 0.6 is 0 Å². The summed E-state index contributed by atoms with van der Waals surface area (Å²) < 4.78 is 2.52. The number of nitrogens with zero attached hydrogens (tertiary/aromatic N) is 4. The molecule has 0 saturated heterocycles. The smallest absolute Gasteiger partial charge is 0.132 e. The molecular weight excluding hydrogens is 729 g/mol. The first kappa shape index (κ1) is 36.1. The van der Waals surface area contributed by atoms with Crippen LogP contribution in [0, 0.1) is 0 Å². The van der Waals surface area contributed by atoms with Gasteiger partial charge in [-0.3, -0.25) is 0 Å². The Kier molecular flexibility index (Phi) is 9.19. The predicted octanol–water partition coefficient (Wildman–Crippen LogP) is 15.1. The van der Waals surface area contributed by atoms with Crippen molar-refractivity contribution < 1.29 is 0 Å². The molecule has 1 unspecified atom stereocenters. The summed E-state index contributed by atoms with van der Waals surface area (Å²) in [4.78, 5) is 7.44. The van der Waals surface area contributed by atoms with Gasteiger partial charge in [0, 0.05) is 40.6 Å². The molecule has 4 heteroatoms. The minimum Gasteiger partial charge on any atom is -0.349 e. The second-order valence-electron chi connectivity index (χ2n) is 16.4. The van der Waals surface area contributed by atoms with E-state index in [2.05, 4.69) is 220 Å². The molecule has 0 radical (unpaired) electrons. The SMILES string of the molecule is CN1c2ccccc2N(C2=CC=C(n3c4ccccc4c4c(N(c5ccc(C6=CCCCC6)cc5)c5ccc(-c6ccccc6)cc5)cccc43)CC2)C1c1ccccc1. The highest BCUT2D eigenvalue weighted by Crippen LogP contribution is 2.50. The summed E-state index contributed by atoms with van der Waals surface area (Å²) in [6.45, 7) is 0. The fraction of sp³-hybridized carbons (Fsp3) is 0.143. The highest BCUT2D eigenvalue weighted by molar-refractivity contribution is 6.17. The van der Waals surface area contributed by atoms with Crippen LogP contribution in [0.2, 0.25) is 0 Å². The molecule has 8 aromatic rings. The molecular formula is C56H48N4. The largest absolute Gasteiger partial charge is 0.349 e. The number of benzene rings is 7. The number of fused-ring (bicyclic) bond motifs is 4. The van der Waals surface area contributed by atoms with Crippen molar-refractivity contribution in [2.24, 2.45) is 0 Å².